The van der Waals surface area contributed by atoms with Gasteiger partial charge in [-0.3, -0.25) is 4.79 Å². The summed E-state index contributed by atoms with van der Waals surface area (Å²) in [5.74, 6) is 0.0284. The first-order valence-corrected chi connectivity index (χ1v) is 5.69. The van der Waals surface area contributed by atoms with Crippen molar-refractivity contribution in [3.05, 3.63) is 23.7 Å². The molecular formula is C11H12N2OS. The Hall–Kier alpha value is -1.42. The van der Waals surface area contributed by atoms with E-state index in [1.54, 1.807) is 16.8 Å². The maximum Gasteiger partial charge on any atom is 0.226 e. The topological polar surface area (TPSA) is 42.0 Å². The van der Waals surface area contributed by atoms with Crippen molar-refractivity contribution in [2.24, 2.45) is 5.92 Å². The van der Waals surface area contributed by atoms with Gasteiger partial charge in [0.25, 0.3) is 0 Å². The molecule has 0 unspecified atom stereocenters. The minimum Gasteiger partial charge on any atom is -0.326 e. The summed E-state index contributed by atoms with van der Waals surface area (Å²) in [6.45, 7) is 3.74. The minimum atomic E-state index is -0.00358. The zero-order chi connectivity index (χ0) is 10.8. The Morgan fingerprint density at radius 2 is 2.27 bits per heavy atom. The van der Waals surface area contributed by atoms with Crippen LogP contribution in [0.4, 0.5) is 5.69 Å². The van der Waals surface area contributed by atoms with Crippen LogP contribution in [0.15, 0.2) is 23.7 Å². The predicted molar refractivity (Wildman–Crippen MR) is 63.1 cm³/mol. The van der Waals surface area contributed by atoms with Crippen molar-refractivity contribution in [1.29, 1.82) is 0 Å². The van der Waals surface area contributed by atoms with Gasteiger partial charge < -0.3 is 5.32 Å². The van der Waals surface area contributed by atoms with Crippen molar-refractivity contribution in [2.45, 2.75) is 13.8 Å². The molecule has 78 valence electrons. The Kier molecular flexibility index (Phi) is 2.68. The smallest absolute Gasteiger partial charge is 0.226 e. The van der Waals surface area contributed by atoms with Crippen LogP contribution in [0.25, 0.3) is 10.2 Å². The van der Waals surface area contributed by atoms with Gasteiger partial charge in [0, 0.05) is 11.6 Å². The molecule has 2 rings (SSSR count). The highest BCUT2D eigenvalue weighted by molar-refractivity contribution is 7.16. The van der Waals surface area contributed by atoms with Crippen LogP contribution in [0.1, 0.15) is 13.8 Å². The average Bonchev–Trinajstić information content (AvgIpc) is 2.64. The fourth-order valence-corrected chi connectivity index (χ4v) is 1.88. The van der Waals surface area contributed by atoms with Crippen molar-refractivity contribution < 1.29 is 4.79 Å². The fourth-order valence-electron chi connectivity index (χ4n) is 1.22. The summed E-state index contributed by atoms with van der Waals surface area (Å²) in [5, 5.41) is 2.85. The number of fused-ring (bicyclic) bond motifs is 1. The monoisotopic (exact) mass is 220 g/mol. The number of aromatic nitrogens is 1. The molecule has 3 nitrogen and oxygen atoms in total. The molecule has 0 saturated heterocycles. The quantitative estimate of drug-likeness (QED) is 0.845. The molecule has 0 aliphatic heterocycles. The lowest BCUT2D eigenvalue weighted by molar-refractivity contribution is -0.118. The number of thiazole rings is 1. The van der Waals surface area contributed by atoms with Crippen molar-refractivity contribution in [1.82, 2.24) is 4.98 Å². The first-order chi connectivity index (χ1) is 7.16. The Morgan fingerprint density at radius 1 is 1.47 bits per heavy atom. The van der Waals surface area contributed by atoms with Gasteiger partial charge in [-0.15, -0.1) is 11.3 Å². The molecule has 0 bridgehead atoms. The molecule has 0 spiro atoms. The highest BCUT2D eigenvalue weighted by Crippen LogP contribution is 2.21. The molecule has 1 N–H and O–H groups in total. The summed E-state index contributed by atoms with van der Waals surface area (Å²) in [4.78, 5) is 15.7. The number of carbonyl (C=O) groups excluding carboxylic acids is 1. The minimum absolute atomic E-state index is 0.00358. The molecule has 0 aliphatic carbocycles. The highest BCUT2D eigenvalue weighted by atomic mass is 32.1. The average molecular weight is 220 g/mol. The second kappa shape index (κ2) is 3.98. The third-order valence-corrected chi connectivity index (χ3v) is 2.93. The number of rotatable bonds is 2. The van der Waals surface area contributed by atoms with E-state index in [1.165, 1.54) is 0 Å². The van der Waals surface area contributed by atoms with E-state index in [0.717, 1.165) is 15.9 Å². The van der Waals surface area contributed by atoms with E-state index < -0.39 is 0 Å². The lowest BCUT2D eigenvalue weighted by atomic mass is 10.2. The third-order valence-electron chi connectivity index (χ3n) is 2.12. The predicted octanol–water partition coefficient (Wildman–Crippen LogP) is 2.89. The van der Waals surface area contributed by atoms with E-state index in [1.807, 2.05) is 32.0 Å². The molecule has 0 aliphatic rings. The van der Waals surface area contributed by atoms with Gasteiger partial charge in [-0.25, -0.2) is 4.98 Å². The summed E-state index contributed by atoms with van der Waals surface area (Å²) >= 11 is 1.60. The van der Waals surface area contributed by atoms with Crippen molar-refractivity contribution >= 4 is 33.1 Å². The van der Waals surface area contributed by atoms with E-state index in [9.17, 15) is 4.79 Å². The molecule has 0 radical (unpaired) electrons. The van der Waals surface area contributed by atoms with Crippen LogP contribution in [-0.4, -0.2) is 10.9 Å². The van der Waals surface area contributed by atoms with Gasteiger partial charge in [-0.2, -0.15) is 0 Å². The van der Waals surface area contributed by atoms with E-state index in [0.29, 0.717) is 0 Å². The largest absolute Gasteiger partial charge is 0.326 e. The highest BCUT2D eigenvalue weighted by Gasteiger charge is 2.07. The number of nitrogens with zero attached hydrogens (tertiary/aromatic N) is 1. The van der Waals surface area contributed by atoms with Crippen LogP contribution in [-0.2, 0) is 4.79 Å². The molecule has 0 saturated carbocycles. The van der Waals surface area contributed by atoms with E-state index >= 15 is 0 Å². The van der Waals surface area contributed by atoms with Crippen LogP contribution in [0.3, 0.4) is 0 Å². The van der Waals surface area contributed by atoms with Gasteiger partial charge >= 0.3 is 0 Å². The normalized spacial score (nSPS) is 10.9. The first-order valence-electron chi connectivity index (χ1n) is 4.81. The van der Waals surface area contributed by atoms with Gasteiger partial charge in [0.1, 0.15) is 0 Å². The molecule has 0 fully saturated rings. The number of benzene rings is 1. The summed E-state index contributed by atoms with van der Waals surface area (Å²) in [6.07, 6.45) is 0. The van der Waals surface area contributed by atoms with Crippen LogP contribution in [0, 0.1) is 5.92 Å². The Labute approximate surface area is 92.1 Å². The van der Waals surface area contributed by atoms with Gasteiger partial charge in [0.15, 0.2) is 0 Å². The van der Waals surface area contributed by atoms with Gasteiger partial charge in [-0.1, -0.05) is 13.8 Å². The molecular weight excluding hydrogens is 208 g/mol. The maximum absolute atomic E-state index is 11.5. The lowest BCUT2D eigenvalue weighted by Crippen LogP contribution is -2.17. The fraction of sp³-hybridized carbons (Fsp3) is 0.273. The van der Waals surface area contributed by atoms with Crippen LogP contribution in [0.2, 0.25) is 0 Å². The SMILES string of the molecule is CC(C)C(=O)Nc1ccc2scnc2c1. The van der Waals surface area contributed by atoms with Crippen LogP contribution in [0.5, 0.6) is 0 Å². The van der Waals surface area contributed by atoms with E-state index in [2.05, 4.69) is 10.3 Å². The lowest BCUT2D eigenvalue weighted by Gasteiger charge is -2.06. The number of nitrogens with one attached hydrogen (secondary N) is 1. The van der Waals surface area contributed by atoms with Crippen molar-refractivity contribution in [3.8, 4) is 0 Å². The second-order valence-corrected chi connectivity index (χ2v) is 4.57. The number of anilines is 1. The zero-order valence-electron chi connectivity index (χ0n) is 8.65. The van der Waals surface area contributed by atoms with E-state index in [-0.39, 0.29) is 11.8 Å². The maximum atomic E-state index is 11.5. The Morgan fingerprint density at radius 3 is 3.00 bits per heavy atom. The van der Waals surface area contributed by atoms with Gasteiger partial charge in [0.05, 0.1) is 15.7 Å². The standard InChI is InChI=1S/C11H12N2OS/c1-7(2)11(14)13-8-3-4-10-9(5-8)12-6-15-10/h3-7H,1-2H3,(H,13,14). The third kappa shape index (κ3) is 2.15. The molecule has 0 atom stereocenters. The van der Waals surface area contributed by atoms with Gasteiger partial charge in [-0.05, 0) is 18.2 Å². The Bertz CT molecular complexity index is 490. The molecule has 1 aromatic heterocycles. The van der Waals surface area contributed by atoms with Crippen molar-refractivity contribution in [3.63, 3.8) is 0 Å². The summed E-state index contributed by atoms with van der Waals surface area (Å²) in [7, 11) is 0. The number of hydrogen-bond acceptors (Lipinski definition) is 3. The van der Waals surface area contributed by atoms with Crippen LogP contribution >= 0.6 is 11.3 Å². The number of amides is 1. The zero-order valence-corrected chi connectivity index (χ0v) is 9.47. The second-order valence-electron chi connectivity index (χ2n) is 3.68. The molecule has 1 aromatic carbocycles. The van der Waals surface area contributed by atoms with Crippen molar-refractivity contribution in [2.75, 3.05) is 5.32 Å². The molecule has 1 heterocycles. The summed E-state index contributed by atoms with van der Waals surface area (Å²) in [5.41, 5.74) is 3.55. The summed E-state index contributed by atoms with van der Waals surface area (Å²) < 4.78 is 1.14. The molecule has 1 amide bonds. The summed E-state index contributed by atoms with van der Waals surface area (Å²) in [6, 6.07) is 5.77. The van der Waals surface area contributed by atoms with Gasteiger partial charge in [0.2, 0.25) is 5.91 Å². The molecule has 15 heavy (non-hydrogen) atoms. The molecule has 2 aromatic rings. The molecule has 4 heteroatoms. The van der Waals surface area contributed by atoms with E-state index in [4.69, 9.17) is 0 Å². The number of carbonyl (C=O) groups is 1. The van der Waals surface area contributed by atoms with Crippen LogP contribution < -0.4 is 5.32 Å². The Balaban J connectivity index is 2.25. The first kappa shape index (κ1) is 10.1. The number of hydrogen-bond donors (Lipinski definition) is 1.